The topological polar surface area (TPSA) is 54.5 Å². The Morgan fingerprint density at radius 1 is 1.04 bits per heavy atom. The van der Waals surface area contributed by atoms with Gasteiger partial charge in [0.15, 0.2) is 0 Å². The van der Waals surface area contributed by atoms with E-state index in [-0.39, 0.29) is 11.7 Å². The second kappa shape index (κ2) is 7.72. The maximum atomic E-state index is 12.9. The van der Waals surface area contributed by atoms with Crippen LogP contribution in [0.15, 0.2) is 53.4 Å². The molecule has 1 heterocycles. The van der Waals surface area contributed by atoms with Crippen molar-refractivity contribution in [3.63, 3.8) is 0 Å². The van der Waals surface area contributed by atoms with Crippen molar-refractivity contribution >= 4 is 15.8 Å². The summed E-state index contributed by atoms with van der Waals surface area (Å²) in [5, 5.41) is 0. The van der Waals surface area contributed by atoms with Crippen LogP contribution in [0.5, 0.6) is 0 Å². The number of carbonyl (C=O) groups is 1. The van der Waals surface area contributed by atoms with E-state index in [0.29, 0.717) is 37.2 Å². The minimum Gasteiger partial charge on any atom is -0.299 e. The lowest BCUT2D eigenvalue weighted by atomic mass is 9.90. The molecule has 138 valence electrons. The predicted molar refractivity (Wildman–Crippen MR) is 103 cm³/mol. The van der Waals surface area contributed by atoms with Gasteiger partial charge in [-0.3, -0.25) is 4.79 Å². The normalized spacial score (nSPS) is 16.5. The molecule has 26 heavy (non-hydrogen) atoms. The first-order chi connectivity index (χ1) is 12.4. The molecule has 0 atom stereocenters. The summed E-state index contributed by atoms with van der Waals surface area (Å²) >= 11 is 0. The van der Waals surface area contributed by atoms with Crippen molar-refractivity contribution in [1.29, 1.82) is 0 Å². The molecule has 1 aliphatic rings. The molecule has 0 aromatic heterocycles. The molecule has 0 aliphatic carbocycles. The zero-order chi connectivity index (χ0) is 18.7. The Morgan fingerprint density at radius 3 is 2.31 bits per heavy atom. The lowest BCUT2D eigenvalue weighted by Crippen LogP contribution is -2.40. The van der Waals surface area contributed by atoms with Crippen molar-refractivity contribution in [2.75, 3.05) is 13.1 Å². The maximum Gasteiger partial charge on any atom is 0.243 e. The van der Waals surface area contributed by atoms with Gasteiger partial charge in [0.05, 0.1) is 4.90 Å². The number of carbonyl (C=O) groups excluding carboxylic acids is 1. The smallest absolute Gasteiger partial charge is 0.243 e. The fourth-order valence-electron chi connectivity index (χ4n) is 3.59. The number of Topliss-reactive ketones (excluding diaryl/α,β-unsaturated/α-hetero) is 1. The van der Waals surface area contributed by atoms with Crippen LogP contribution in [0.25, 0.3) is 0 Å². The van der Waals surface area contributed by atoms with Crippen LogP contribution in [0.3, 0.4) is 0 Å². The molecule has 0 bridgehead atoms. The van der Waals surface area contributed by atoms with Crippen LogP contribution in [0.4, 0.5) is 0 Å². The quantitative estimate of drug-likeness (QED) is 0.808. The number of ketones is 1. The monoisotopic (exact) mass is 371 g/mol. The van der Waals surface area contributed by atoms with Crippen LogP contribution in [-0.4, -0.2) is 31.6 Å². The zero-order valence-corrected chi connectivity index (χ0v) is 16.1. The summed E-state index contributed by atoms with van der Waals surface area (Å²) in [5.41, 5.74) is 2.83. The van der Waals surface area contributed by atoms with Crippen molar-refractivity contribution in [3.05, 3.63) is 65.2 Å². The summed E-state index contributed by atoms with van der Waals surface area (Å²) in [4.78, 5) is 12.9. The average Bonchev–Trinajstić information content (AvgIpc) is 2.62. The summed E-state index contributed by atoms with van der Waals surface area (Å²) in [6.07, 6.45) is 1.61. The summed E-state index contributed by atoms with van der Waals surface area (Å²) in [6.45, 7) is 4.59. The third-order valence-electron chi connectivity index (χ3n) is 5.08. The highest BCUT2D eigenvalue weighted by atomic mass is 32.2. The molecule has 5 heteroatoms. The number of aryl methyl sites for hydroxylation is 2. The van der Waals surface area contributed by atoms with Crippen molar-refractivity contribution in [2.45, 2.75) is 38.0 Å². The summed E-state index contributed by atoms with van der Waals surface area (Å²) in [5.74, 6) is 0.153. The Labute approximate surface area is 155 Å². The molecule has 0 unspecified atom stereocenters. The first-order valence-electron chi connectivity index (χ1n) is 9.02. The molecule has 3 rings (SSSR count). The van der Waals surface area contributed by atoms with Gasteiger partial charge < -0.3 is 0 Å². The van der Waals surface area contributed by atoms with Crippen LogP contribution in [0.2, 0.25) is 0 Å². The second-order valence-electron chi connectivity index (χ2n) is 7.08. The van der Waals surface area contributed by atoms with Gasteiger partial charge in [-0.15, -0.1) is 0 Å². The maximum absolute atomic E-state index is 12.9. The first kappa shape index (κ1) is 18.8. The molecular formula is C21H25NO3S. The van der Waals surface area contributed by atoms with Gasteiger partial charge >= 0.3 is 0 Å². The summed E-state index contributed by atoms with van der Waals surface area (Å²) in [7, 11) is -3.50. The number of nitrogens with zero attached hydrogens (tertiary/aromatic N) is 1. The Morgan fingerprint density at radius 2 is 1.69 bits per heavy atom. The minimum atomic E-state index is -3.50. The van der Waals surface area contributed by atoms with Crippen molar-refractivity contribution in [1.82, 2.24) is 4.31 Å². The van der Waals surface area contributed by atoms with E-state index < -0.39 is 10.0 Å². The largest absolute Gasteiger partial charge is 0.299 e. The van der Waals surface area contributed by atoms with E-state index in [9.17, 15) is 13.2 Å². The van der Waals surface area contributed by atoms with Crippen molar-refractivity contribution in [2.24, 2.45) is 5.92 Å². The van der Waals surface area contributed by atoms with Crippen LogP contribution < -0.4 is 0 Å². The van der Waals surface area contributed by atoms with Crippen molar-refractivity contribution < 1.29 is 13.2 Å². The molecule has 4 nitrogen and oxygen atoms in total. The van der Waals surface area contributed by atoms with Gasteiger partial charge in [0, 0.05) is 25.4 Å². The Kier molecular flexibility index (Phi) is 5.58. The highest BCUT2D eigenvalue weighted by Crippen LogP contribution is 2.27. The molecule has 1 aliphatic heterocycles. The van der Waals surface area contributed by atoms with E-state index in [1.54, 1.807) is 6.07 Å². The van der Waals surface area contributed by atoms with E-state index in [4.69, 9.17) is 0 Å². The molecule has 0 N–H and O–H groups in total. The number of piperidine rings is 1. The molecule has 2 aromatic rings. The Balaban J connectivity index is 1.65. The highest BCUT2D eigenvalue weighted by Gasteiger charge is 2.32. The fraction of sp³-hybridized carbons (Fsp3) is 0.381. The SMILES string of the molecule is Cc1ccc(S(=O)(=O)N2CCC(C(=O)Cc3ccccc3)CC2)c(C)c1. The third kappa shape index (κ3) is 4.05. The molecule has 0 radical (unpaired) electrons. The first-order valence-corrected chi connectivity index (χ1v) is 10.5. The van der Waals surface area contributed by atoms with Crippen LogP contribution in [0.1, 0.15) is 29.5 Å². The van der Waals surface area contributed by atoms with Gasteiger partial charge in [-0.05, 0) is 43.9 Å². The molecule has 1 fully saturated rings. The Bertz CT molecular complexity index is 883. The molecule has 0 spiro atoms. The van der Waals surface area contributed by atoms with Crippen LogP contribution in [-0.2, 0) is 21.2 Å². The molecule has 0 saturated carbocycles. The number of hydrogen-bond acceptors (Lipinski definition) is 3. The third-order valence-corrected chi connectivity index (χ3v) is 7.14. The number of benzene rings is 2. The van der Waals surface area contributed by atoms with Crippen LogP contribution in [0, 0.1) is 19.8 Å². The Hall–Kier alpha value is -1.98. The number of rotatable bonds is 5. The van der Waals surface area contributed by atoms with Gasteiger partial charge in [0.1, 0.15) is 5.78 Å². The minimum absolute atomic E-state index is 0.0548. The predicted octanol–water partition coefficient (Wildman–Crippen LogP) is 3.52. The van der Waals surface area contributed by atoms with E-state index >= 15 is 0 Å². The number of sulfonamides is 1. The van der Waals surface area contributed by atoms with Gasteiger partial charge in [0.25, 0.3) is 0 Å². The lowest BCUT2D eigenvalue weighted by Gasteiger charge is -2.31. The van der Waals surface area contributed by atoms with E-state index in [1.165, 1.54) is 4.31 Å². The fourth-order valence-corrected chi connectivity index (χ4v) is 5.26. The summed E-state index contributed by atoms with van der Waals surface area (Å²) in [6, 6.07) is 15.1. The van der Waals surface area contributed by atoms with Gasteiger partial charge in [-0.1, -0.05) is 48.0 Å². The molecular weight excluding hydrogens is 346 g/mol. The van der Waals surface area contributed by atoms with E-state index in [2.05, 4.69) is 0 Å². The van der Waals surface area contributed by atoms with E-state index in [0.717, 1.165) is 16.7 Å². The molecule has 0 amide bonds. The molecule has 1 saturated heterocycles. The van der Waals surface area contributed by atoms with Crippen molar-refractivity contribution in [3.8, 4) is 0 Å². The average molecular weight is 372 g/mol. The number of hydrogen-bond donors (Lipinski definition) is 0. The second-order valence-corrected chi connectivity index (χ2v) is 8.98. The highest BCUT2D eigenvalue weighted by molar-refractivity contribution is 7.89. The van der Waals surface area contributed by atoms with Gasteiger partial charge in [0.2, 0.25) is 10.0 Å². The van der Waals surface area contributed by atoms with Gasteiger partial charge in [-0.2, -0.15) is 4.31 Å². The van der Waals surface area contributed by atoms with E-state index in [1.807, 2.05) is 56.3 Å². The lowest BCUT2D eigenvalue weighted by molar-refractivity contribution is -0.123. The molecule has 2 aromatic carbocycles. The zero-order valence-electron chi connectivity index (χ0n) is 15.3. The summed E-state index contributed by atoms with van der Waals surface area (Å²) < 4.78 is 27.4. The van der Waals surface area contributed by atoms with Crippen LogP contribution >= 0.6 is 0 Å². The van der Waals surface area contributed by atoms with Gasteiger partial charge in [-0.25, -0.2) is 8.42 Å². The standard InChI is InChI=1S/C21H25NO3S/c1-16-8-9-21(17(2)14-16)26(24,25)22-12-10-19(11-13-22)20(23)15-18-6-4-3-5-7-18/h3-9,14,19H,10-13,15H2,1-2H3.